The lowest BCUT2D eigenvalue weighted by molar-refractivity contribution is -0.139. The number of amides is 2. The van der Waals surface area contributed by atoms with E-state index in [1.807, 2.05) is 20.8 Å². The first-order valence-corrected chi connectivity index (χ1v) is 7.72. The first-order chi connectivity index (χ1) is 9.80. The van der Waals surface area contributed by atoms with E-state index < -0.39 is 11.0 Å². The Labute approximate surface area is 125 Å². The minimum atomic E-state index is -0.506. The fourth-order valence-corrected chi connectivity index (χ4v) is 3.67. The Balaban J connectivity index is 1.73. The van der Waals surface area contributed by atoms with E-state index in [1.54, 1.807) is 4.90 Å². The predicted octanol–water partition coefficient (Wildman–Crippen LogP) is 1.29. The molecule has 0 aromatic rings. The Hall–Kier alpha value is -1.30. The van der Waals surface area contributed by atoms with Gasteiger partial charge in [-0.25, -0.2) is 4.79 Å². The summed E-state index contributed by atoms with van der Waals surface area (Å²) >= 11 is 0. The molecule has 0 radical (unpaired) electrons. The van der Waals surface area contributed by atoms with E-state index in [4.69, 9.17) is 9.47 Å². The van der Waals surface area contributed by atoms with Crippen molar-refractivity contribution in [2.24, 2.45) is 5.41 Å². The van der Waals surface area contributed by atoms with Crippen molar-refractivity contribution in [2.75, 3.05) is 19.6 Å². The number of nitrogens with one attached hydrogen (secondary N) is 1. The van der Waals surface area contributed by atoms with E-state index >= 15 is 0 Å². The SMILES string of the molecule is CC(C)(C)OC(=O)N1C[C@@H]2C[C@@]3(CCCNC3=O)[C@H](C1)O2. The molecule has 3 rings (SSSR count). The molecular weight excluding hydrogens is 272 g/mol. The van der Waals surface area contributed by atoms with Crippen LogP contribution in [0, 0.1) is 5.41 Å². The van der Waals surface area contributed by atoms with Gasteiger partial charge in [-0.2, -0.15) is 0 Å². The van der Waals surface area contributed by atoms with Crippen LogP contribution in [0.3, 0.4) is 0 Å². The van der Waals surface area contributed by atoms with E-state index in [2.05, 4.69) is 5.32 Å². The molecule has 2 bridgehead atoms. The average Bonchev–Trinajstić information content (AvgIpc) is 2.63. The summed E-state index contributed by atoms with van der Waals surface area (Å²) in [6, 6.07) is 0. The fourth-order valence-electron chi connectivity index (χ4n) is 3.67. The van der Waals surface area contributed by atoms with Gasteiger partial charge in [0.15, 0.2) is 0 Å². The Morgan fingerprint density at radius 2 is 2.19 bits per heavy atom. The minimum absolute atomic E-state index is 0.0554. The minimum Gasteiger partial charge on any atom is -0.444 e. The van der Waals surface area contributed by atoms with Crippen molar-refractivity contribution >= 4 is 12.0 Å². The smallest absolute Gasteiger partial charge is 0.410 e. The number of morpholine rings is 1. The third-order valence-electron chi connectivity index (χ3n) is 4.56. The standard InChI is InChI=1S/C15H24N2O4/c1-14(2,3)21-13(19)17-8-10-7-15(11(9-17)20-10)5-4-6-16-12(15)18/h10-11H,4-9H2,1-3H3,(H,16,18)/t10-,11-,15-/m0/s1. The molecule has 1 spiro atoms. The van der Waals surface area contributed by atoms with Gasteiger partial charge in [0, 0.05) is 6.54 Å². The molecule has 3 aliphatic heterocycles. The molecule has 0 saturated carbocycles. The molecule has 6 heteroatoms. The summed E-state index contributed by atoms with van der Waals surface area (Å²) in [4.78, 5) is 26.3. The number of hydrogen-bond donors (Lipinski definition) is 1. The molecule has 3 atom stereocenters. The lowest BCUT2D eigenvalue weighted by Gasteiger charge is -2.38. The van der Waals surface area contributed by atoms with Crippen molar-refractivity contribution in [3.05, 3.63) is 0 Å². The van der Waals surface area contributed by atoms with Gasteiger partial charge in [0.05, 0.1) is 30.7 Å². The highest BCUT2D eigenvalue weighted by Crippen LogP contribution is 2.47. The molecule has 1 N–H and O–H groups in total. The van der Waals surface area contributed by atoms with Crippen LogP contribution in [-0.4, -0.2) is 54.3 Å². The van der Waals surface area contributed by atoms with E-state index in [-0.39, 0.29) is 24.2 Å². The highest BCUT2D eigenvalue weighted by Gasteiger charge is 2.57. The number of carbonyl (C=O) groups excluding carboxylic acids is 2. The van der Waals surface area contributed by atoms with Gasteiger partial charge in [-0.3, -0.25) is 4.79 Å². The Kier molecular flexibility index (Phi) is 3.39. The van der Waals surface area contributed by atoms with Crippen molar-refractivity contribution in [1.29, 1.82) is 0 Å². The summed E-state index contributed by atoms with van der Waals surface area (Å²) in [6.07, 6.45) is 1.97. The summed E-state index contributed by atoms with van der Waals surface area (Å²) in [5, 5.41) is 2.96. The van der Waals surface area contributed by atoms with Crippen molar-refractivity contribution < 1.29 is 19.1 Å². The van der Waals surface area contributed by atoms with E-state index in [0.29, 0.717) is 19.5 Å². The number of fused-ring (bicyclic) bond motifs is 3. The second-order valence-corrected chi connectivity index (χ2v) is 7.35. The summed E-state index contributed by atoms with van der Waals surface area (Å²) in [5.74, 6) is 0.0901. The van der Waals surface area contributed by atoms with Gasteiger partial charge in [0.2, 0.25) is 5.91 Å². The molecule has 0 aliphatic carbocycles. The average molecular weight is 296 g/mol. The third-order valence-corrected chi connectivity index (χ3v) is 4.56. The van der Waals surface area contributed by atoms with Crippen molar-refractivity contribution in [3.8, 4) is 0 Å². The highest BCUT2D eigenvalue weighted by molar-refractivity contribution is 5.84. The van der Waals surface area contributed by atoms with Gasteiger partial charge in [-0.05, 0) is 40.0 Å². The molecule has 118 valence electrons. The fraction of sp³-hybridized carbons (Fsp3) is 0.867. The van der Waals surface area contributed by atoms with Gasteiger partial charge in [0.25, 0.3) is 0 Å². The molecular formula is C15H24N2O4. The number of rotatable bonds is 0. The molecule has 0 aromatic carbocycles. The van der Waals surface area contributed by atoms with Crippen molar-refractivity contribution in [2.45, 2.75) is 57.8 Å². The maximum absolute atomic E-state index is 12.3. The summed E-state index contributed by atoms with van der Waals surface area (Å²) < 4.78 is 11.4. The molecule has 6 nitrogen and oxygen atoms in total. The number of nitrogens with zero attached hydrogens (tertiary/aromatic N) is 1. The van der Waals surface area contributed by atoms with Gasteiger partial charge >= 0.3 is 6.09 Å². The second-order valence-electron chi connectivity index (χ2n) is 7.35. The molecule has 3 saturated heterocycles. The van der Waals surface area contributed by atoms with Crippen molar-refractivity contribution in [3.63, 3.8) is 0 Å². The molecule has 3 heterocycles. The van der Waals surface area contributed by atoms with Gasteiger partial charge in [0.1, 0.15) is 5.60 Å². The molecule has 0 unspecified atom stereocenters. The van der Waals surface area contributed by atoms with Gasteiger partial charge in [-0.15, -0.1) is 0 Å². The molecule has 3 fully saturated rings. The summed E-state index contributed by atoms with van der Waals surface area (Å²) in [5.41, 5.74) is -0.950. The third kappa shape index (κ3) is 2.61. The van der Waals surface area contributed by atoms with Crippen molar-refractivity contribution in [1.82, 2.24) is 10.2 Å². The first kappa shape index (κ1) is 14.6. The van der Waals surface area contributed by atoms with Crippen LogP contribution in [0.25, 0.3) is 0 Å². The molecule has 3 aliphatic rings. The lowest BCUT2D eigenvalue weighted by Crippen LogP contribution is -2.54. The van der Waals surface area contributed by atoms with Crippen LogP contribution >= 0.6 is 0 Å². The number of carbonyl (C=O) groups is 2. The summed E-state index contributed by atoms with van der Waals surface area (Å²) in [7, 11) is 0. The van der Waals surface area contributed by atoms with Crippen LogP contribution in [0.4, 0.5) is 4.79 Å². The van der Waals surface area contributed by atoms with Crippen LogP contribution in [0.2, 0.25) is 0 Å². The van der Waals surface area contributed by atoms with Crippen LogP contribution in [-0.2, 0) is 14.3 Å². The number of likely N-dealkylation sites (tertiary alicyclic amines) is 1. The van der Waals surface area contributed by atoms with Crippen LogP contribution < -0.4 is 5.32 Å². The predicted molar refractivity (Wildman–Crippen MR) is 75.8 cm³/mol. The summed E-state index contributed by atoms with van der Waals surface area (Å²) in [6.45, 7) is 7.27. The van der Waals surface area contributed by atoms with E-state index in [9.17, 15) is 9.59 Å². The zero-order valence-electron chi connectivity index (χ0n) is 13.0. The quantitative estimate of drug-likeness (QED) is 0.731. The van der Waals surface area contributed by atoms with E-state index in [1.165, 1.54) is 0 Å². The normalized spacial score (nSPS) is 35.8. The topological polar surface area (TPSA) is 67.9 Å². The highest BCUT2D eigenvalue weighted by atomic mass is 16.6. The Morgan fingerprint density at radius 3 is 2.86 bits per heavy atom. The zero-order chi connectivity index (χ0) is 15.3. The largest absolute Gasteiger partial charge is 0.444 e. The Morgan fingerprint density at radius 1 is 1.43 bits per heavy atom. The Bertz CT molecular complexity index is 459. The van der Waals surface area contributed by atoms with Crippen LogP contribution in [0.5, 0.6) is 0 Å². The zero-order valence-corrected chi connectivity index (χ0v) is 13.0. The first-order valence-electron chi connectivity index (χ1n) is 7.72. The van der Waals surface area contributed by atoms with E-state index in [0.717, 1.165) is 19.4 Å². The maximum atomic E-state index is 12.3. The number of hydrogen-bond acceptors (Lipinski definition) is 4. The lowest BCUT2D eigenvalue weighted by atomic mass is 9.73. The van der Waals surface area contributed by atoms with Gasteiger partial charge in [-0.1, -0.05) is 0 Å². The maximum Gasteiger partial charge on any atom is 0.410 e. The molecule has 0 aromatic heterocycles. The van der Waals surface area contributed by atoms with Crippen LogP contribution in [0.1, 0.15) is 40.0 Å². The van der Waals surface area contributed by atoms with Gasteiger partial charge < -0.3 is 19.7 Å². The second kappa shape index (κ2) is 4.87. The number of ether oxygens (including phenoxy) is 2. The molecule has 2 amide bonds. The number of piperidine rings is 1. The monoisotopic (exact) mass is 296 g/mol. The van der Waals surface area contributed by atoms with Crippen LogP contribution in [0.15, 0.2) is 0 Å². The molecule has 21 heavy (non-hydrogen) atoms.